The van der Waals surface area contributed by atoms with Crippen LogP contribution in [-0.4, -0.2) is 22.1 Å². The lowest BCUT2D eigenvalue weighted by molar-refractivity contribution is -0.139. The molecule has 0 amide bonds. The maximum absolute atomic E-state index is 11.2. The Labute approximate surface area is 104 Å². The zero-order chi connectivity index (χ0) is 12.8. The van der Waals surface area contributed by atoms with E-state index >= 15 is 0 Å². The zero-order valence-electron chi connectivity index (χ0n) is 9.84. The predicted octanol–water partition coefficient (Wildman–Crippen LogP) is 1.68. The zero-order valence-corrected chi connectivity index (χ0v) is 9.84. The van der Waals surface area contributed by atoms with E-state index < -0.39 is 17.4 Å². The molecule has 1 aliphatic rings. The first kappa shape index (κ1) is 11.2. The third-order valence-corrected chi connectivity index (χ3v) is 3.84. The van der Waals surface area contributed by atoms with Gasteiger partial charge < -0.3 is 10.8 Å². The highest BCUT2D eigenvalue weighted by molar-refractivity contribution is 5.86. The number of para-hydroxylation sites is 1. The van der Waals surface area contributed by atoms with E-state index in [1.807, 2.05) is 30.3 Å². The Morgan fingerprint density at radius 3 is 2.72 bits per heavy atom. The van der Waals surface area contributed by atoms with Gasteiger partial charge in [-0.1, -0.05) is 18.2 Å². The number of hydrogen-bond donors (Lipinski definition) is 2. The number of pyridine rings is 1. The Morgan fingerprint density at radius 1 is 1.33 bits per heavy atom. The number of hydrogen-bond acceptors (Lipinski definition) is 3. The molecule has 3 rings (SSSR count). The minimum Gasteiger partial charge on any atom is -0.480 e. The summed E-state index contributed by atoms with van der Waals surface area (Å²) in [6.07, 6.45) is 3.38. The number of nitrogens with zero attached hydrogens (tertiary/aromatic N) is 1. The average Bonchev–Trinajstić information content (AvgIpc) is 3.18. The van der Waals surface area contributed by atoms with Gasteiger partial charge in [-0.05, 0) is 30.5 Å². The van der Waals surface area contributed by atoms with Crippen LogP contribution in [0.25, 0.3) is 10.9 Å². The molecule has 1 aromatic carbocycles. The Balaban J connectivity index is 2.18. The Hall–Kier alpha value is -1.94. The van der Waals surface area contributed by atoms with Crippen molar-refractivity contribution in [1.82, 2.24) is 4.98 Å². The third kappa shape index (κ3) is 1.49. The van der Waals surface area contributed by atoms with Gasteiger partial charge in [0.1, 0.15) is 6.04 Å². The number of nitrogens with two attached hydrogens (primary N) is 1. The van der Waals surface area contributed by atoms with Crippen molar-refractivity contribution in [3.05, 3.63) is 42.1 Å². The summed E-state index contributed by atoms with van der Waals surface area (Å²) in [6, 6.07) is 8.83. The van der Waals surface area contributed by atoms with E-state index in [2.05, 4.69) is 4.98 Å². The molecule has 1 heterocycles. The summed E-state index contributed by atoms with van der Waals surface area (Å²) in [5.74, 6) is -0.937. The quantitative estimate of drug-likeness (QED) is 0.858. The molecular formula is C14H14N2O2. The van der Waals surface area contributed by atoms with Crippen molar-refractivity contribution in [2.24, 2.45) is 5.73 Å². The summed E-state index contributed by atoms with van der Waals surface area (Å²) in [5, 5.41) is 10.2. The van der Waals surface area contributed by atoms with Crippen LogP contribution >= 0.6 is 0 Å². The maximum atomic E-state index is 11.2. The van der Waals surface area contributed by atoms with Crippen molar-refractivity contribution in [3.63, 3.8) is 0 Å². The molecule has 92 valence electrons. The van der Waals surface area contributed by atoms with Gasteiger partial charge in [-0.25, -0.2) is 0 Å². The first-order valence-electron chi connectivity index (χ1n) is 5.98. The molecule has 0 radical (unpaired) electrons. The van der Waals surface area contributed by atoms with Crippen molar-refractivity contribution < 1.29 is 9.90 Å². The largest absolute Gasteiger partial charge is 0.480 e. The lowest BCUT2D eigenvalue weighted by Crippen LogP contribution is -2.42. The molecule has 2 aromatic rings. The molecular weight excluding hydrogens is 228 g/mol. The molecule has 1 fully saturated rings. The number of fused-ring (bicyclic) bond motifs is 1. The molecule has 1 aliphatic carbocycles. The van der Waals surface area contributed by atoms with E-state index in [0.717, 1.165) is 29.3 Å². The molecule has 4 heteroatoms. The highest BCUT2D eigenvalue weighted by Gasteiger charge is 2.53. The van der Waals surface area contributed by atoms with Gasteiger partial charge in [0.15, 0.2) is 0 Å². The van der Waals surface area contributed by atoms with Gasteiger partial charge in [-0.15, -0.1) is 0 Å². The van der Waals surface area contributed by atoms with Crippen LogP contribution in [0.2, 0.25) is 0 Å². The Bertz CT molecular complexity index is 615. The highest BCUT2D eigenvalue weighted by atomic mass is 16.4. The first-order chi connectivity index (χ1) is 8.65. The number of benzene rings is 1. The van der Waals surface area contributed by atoms with Crippen molar-refractivity contribution in [1.29, 1.82) is 0 Å². The fourth-order valence-corrected chi connectivity index (χ4v) is 2.65. The van der Waals surface area contributed by atoms with Gasteiger partial charge in [0.05, 0.1) is 5.52 Å². The number of carboxylic acids is 1. The molecule has 4 nitrogen and oxygen atoms in total. The second-order valence-corrected chi connectivity index (χ2v) is 4.85. The number of rotatable bonds is 3. The van der Waals surface area contributed by atoms with Gasteiger partial charge in [0.25, 0.3) is 0 Å². The van der Waals surface area contributed by atoms with E-state index in [1.54, 1.807) is 6.20 Å². The van der Waals surface area contributed by atoms with Gasteiger partial charge in [-0.2, -0.15) is 0 Å². The third-order valence-electron chi connectivity index (χ3n) is 3.84. The number of aromatic nitrogens is 1. The van der Waals surface area contributed by atoms with Crippen LogP contribution in [0.1, 0.15) is 18.4 Å². The van der Waals surface area contributed by atoms with E-state index in [1.165, 1.54) is 0 Å². The van der Waals surface area contributed by atoms with Gasteiger partial charge in [0.2, 0.25) is 0 Å². The van der Waals surface area contributed by atoms with Crippen molar-refractivity contribution >= 4 is 16.9 Å². The smallest absolute Gasteiger partial charge is 0.321 e. The molecule has 3 N–H and O–H groups in total. The molecule has 1 unspecified atom stereocenters. The van der Waals surface area contributed by atoms with Crippen LogP contribution in [-0.2, 0) is 10.2 Å². The van der Waals surface area contributed by atoms with Gasteiger partial charge >= 0.3 is 5.97 Å². The molecule has 1 atom stereocenters. The van der Waals surface area contributed by atoms with Gasteiger partial charge in [-0.3, -0.25) is 9.78 Å². The molecule has 0 aliphatic heterocycles. The Morgan fingerprint density at radius 2 is 2.06 bits per heavy atom. The summed E-state index contributed by atoms with van der Waals surface area (Å²) in [4.78, 5) is 15.5. The van der Waals surface area contributed by atoms with Crippen molar-refractivity contribution in [2.75, 3.05) is 0 Å². The van der Waals surface area contributed by atoms with Crippen LogP contribution in [0.5, 0.6) is 0 Å². The topological polar surface area (TPSA) is 76.2 Å². The van der Waals surface area contributed by atoms with E-state index in [-0.39, 0.29) is 0 Å². The maximum Gasteiger partial charge on any atom is 0.321 e. The SMILES string of the molecule is NC(C(=O)O)C1(c2ccnc3ccccc23)CC1. The second kappa shape index (κ2) is 3.78. The number of aliphatic carboxylic acids is 1. The molecule has 18 heavy (non-hydrogen) atoms. The Kier molecular flexibility index (Phi) is 2.35. The fraction of sp³-hybridized carbons (Fsp3) is 0.286. The fourth-order valence-electron chi connectivity index (χ4n) is 2.65. The van der Waals surface area contributed by atoms with E-state index in [0.29, 0.717) is 0 Å². The summed E-state index contributed by atoms with van der Waals surface area (Å²) >= 11 is 0. The lowest BCUT2D eigenvalue weighted by Gasteiger charge is -2.21. The standard InChI is InChI=1S/C14H14N2O2/c15-12(13(17)18)14(6-7-14)10-5-8-16-11-4-2-1-3-9(10)11/h1-5,8,12H,6-7,15H2,(H,17,18). The van der Waals surface area contributed by atoms with Gasteiger partial charge in [0, 0.05) is 17.0 Å². The number of carbonyl (C=O) groups is 1. The molecule has 1 saturated carbocycles. The van der Waals surface area contributed by atoms with Crippen LogP contribution in [0.15, 0.2) is 36.5 Å². The van der Waals surface area contributed by atoms with E-state index in [4.69, 9.17) is 10.8 Å². The molecule has 0 saturated heterocycles. The number of carboxylic acid groups (broad SMARTS) is 1. The van der Waals surface area contributed by atoms with Crippen molar-refractivity contribution in [2.45, 2.75) is 24.3 Å². The minimum absolute atomic E-state index is 0.408. The monoisotopic (exact) mass is 242 g/mol. The highest BCUT2D eigenvalue weighted by Crippen LogP contribution is 2.52. The predicted molar refractivity (Wildman–Crippen MR) is 68.3 cm³/mol. The summed E-state index contributed by atoms with van der Waals surface area (Å²) in [6.45, 7) is 0. The lowest BCUT2D eigenvalue weighted by atomic mass is 9.86. The van der Waals surface area contributed by atoms with Crippen LogP contribution in [0, 0.1) is 0 Å². The van der Waals surface area contributed by atoms with Crippen molar-refractivity contribution in [3.8, 4) is 0 Å². The first-order valence-corrected chi connectivity index (χ1v) is 5.98. The normalized spacial score (nSPS) is 18.5. The minimum atomic E-state index is -0.937. The average molecular weight is 242 g/mol. The molecule has 0 bridgehead atoms. The van der Waals surface area contributed by atoms with E-state index in [9.17, 15) is 4.79 Å². The summed E-state index contributed by atoms with van der Waals surface area (Å²) < 4.78 is 0. The van der Waals surface area contributed by atoms with Crippen LogP contribution in [0.4, 0.5) is 0 Å². The molecule has 0 spiro atoms. The summed E-state index contributed by atoms with van der Waals surface area (Å²) in [5.41, 5.74) is 7.36. The molecule has 1 aromatic heterocycles. The second-order valence-electron chi connectivity index (χ2n) is 4.85. The summed E-state index contributed by atoms with van der Waals surface area (Å²) in [7, 11) is 0. The van der Waals surface area contributed by atoms with Crippen LogP contribution in [0.3, 0.4) is 0 Å². The van der Waals surface area contributed by atoms with Crippen LogP contribution < -0.4 is 5.73 Å².